The van der Waals surface area contributed by atoms with Gasteiger partial charge < -0.3 is 0 Å². The average molecular weight is 228 g/mol. The fourth-order valence-electron chi connectivity index (χ4n) is 1.78. The molecular weight excluding hydrogens is 204 g/mol. The molecule has 1 aromatic rings. The van der Waals surface area contributed by atoms with Crippen LogP contribution in [0.5, 0.6) is 0 Å². The highest BCUT2D eigenvalue weighted by Crippen LogP contribution is 2.31. The smallest absolute Gasteiger partial charge is 0.0137 e. The third-order valence-electron chi connectivity index (χ3n) is 2.95. The van der Waals surface area contributed by atoms with Crippen molar-refractivity contribution in [3.8, 4) is 0 Å². The molecule has 0 aromatic heterocycles. The van der Waals surface area contributed by atoms with E-state index in [1.807, 2.05) is 13.8 Å². The molecule has 0 unspecified atom stereocenters. The molecule has 92 valence electrons. The Labute approximate surface area is 106 Å². The van der Waals surface area contributed by atoms with Gasteiger partial charge in [0.05, 0.1) is 0 Å². The molecule has 0 fully saturated rings. The lowest BCUT2D eigenvalue weighted by atomic mass is 9.83. The minimum atomic E-state index is 0.328. The van der Waals surface area contributed by atoms with Crippen LogP contribution >= 0.6 is 0 Å². The van der Waals surface area contributed by atoms with E-state index in [1.165, 1.54) is 16.7 Å². The Morgan fingerprint density at radius 1 is 1.00 bits per heavy atom. The molecule has 2 rings (SSSR count). The quantitative estimate of drug-likeness (QED) is 0.604. The Morgan fingerprint density at radius 3 is 2.06 bits per heavy atom. The molecular formula is C17H24. The van der Waals surface area contributed by atoms with Crippen molar-refractivity contribution < 1.29 is 0 Å². The summed E-state index contributed by atoms with van der Waals surface area (Å²) in [5.41, 5.74) is 4.33. The van der Waals surface area contributed by atoms with Crippen molar-refractivity contribution in [2.45, 2.75) is 41.0 Å². The van der Waals surface area contributed by atoms with E-state index in [1.54, 1.807) is 0 Å². The van der Waals surface area contributed by atoms with Gasteiger partial charge >= 0.3 is 0 Å². The van der Waals surface area contributed by atoms with Crippen molar-refractivity contribution in [3.63, 3.8) is 0 Å². The van der Waals surface area contributed by atoms with Gasteiger partial charge in [-0.25, -0.2) is 0 Å². The summed E-state index contributed by atoms with van der Waals surface area (Å²) in [6.45, 7) is 10.7. The van der Waals surface area contributed by atoms with Crippen LogP contribution in [0.3, 0.4) is 0 Å². The second kappa shape index (κ2) is 5.86. The molecule has 0 heteroatoms. The van der Waals surface area contributed by atoms with Crippen LogP contribution in [-0.2, 0) is 0 Å². The van der Waals surface area contributed by atoms with Crippen molar-refractivity contribution in [1.82, 2.24) is 0 Å². The molecule has 1 aromatic carbocycles. The predicted octanol–water partition coefficient (Wildman–Crippen LogP) is 5.39. The van der Waals surface area contributed by atoms with Gasteiger partial charge in [0.1, 0.15) is 0 Å². The molecule has 0 radical (unpaired) electrons. The van der Waals surface area contributed by atoms with Crippen LogP contribution < -0.4 is 0 Å². The Kier molecular flexibility index (Phi) is 4.74. The molecule has 0 N–H and O–H groups in total. The van der Waals surface area contributed by atoms with Crippen molar-refractivity contribution in [2.75, 3.05) is 0 Å². The second-order valence-electron chi connectivity index (χ2n) is 5.05. The van der Waals surface area contributed by atoms with Gasteiger partial charge in [0.15, 0.2) is 0 Å². The summed E-state index contributed by atoms with van der Waals surface area (Å²) in [7, 11) is 0. The SMILES string of the molecule is CC.Cc1ccc(C2=CCC(C)(C)C=C2)cc1. The van der Waals surface area contributed by atoms with Crippen LogP contribution in [0.1, 0.15) is 45.2 Å². The monoisotopic (exact) mass is 228 g/mol. The summed E-state index contributed by atoms with van der Waals surface area (Å²) < 4.78 is 0. The van der Waals surface area contributed by atoms with Crippen LogP contribution in [0.15, 0.2) is 42.5 Å². The van der Waals surface area contributed by atoms with E-state index in [2.05, 4.69) is 63.3 Å². The number of hydrogen-bond acceptors (Lipinski definition) is 0. The van der Waals surface area contributed by atoms with Crippen LogP contribution in [0.2, 0.25) is 0 Å². The normalized spacial score (nSPS) is 16.9. The van der Waals surface area contributed by atoms with Gasteiger partial charge in [-0.3, -0.25) is 0 Å². The number of hydrogen-bond donors (Lipinski definition) is 0. The van der Waals surface area contributed by atoms with E-state index in [0.717, 1.165) is 6.42 Å². The lowest BCUT2D eigenvalue weighted by Crippen LogP contribution is -2.08. The summed E-state index contributed by atoms with van der Waals surface area (Å²) >= 11 is 0. The van der Waals surface area contributed by atoms with Gasteiger partial charge in [-0.05, 0) is 29.9 Å². The summed E-state index contributed by atoms with van der Waals surface area (Å²) in [6, 6.07) is 8.74. The third kappa shape index (κ3) is 3.89. The maximum Gasteiger partial charge on any atom is -0.0137 e. The van der Waals surface area contributed by atoms with Crippen LogP contribution in [0.25, 0.3) is 5.57 Å². The fourth-order valence-corrected chi connectivity index (χ4v) is 1.78. The predicted molar refractivity (Wildman–Crippen MR) is 78.0 cm³/mol. The zero-order valence-electron chi connectivity index (χ0n) is 11.7. The topological polar surface area (TPSA) is 0 Å². The number of aryl methyl sites for hydroxylation is 1. The van der Waals surface area contributed by atoms with Gasteiger partial charge in [-0.15, -0.1) is 0 Å². The standard InChI is InChI=1S/C15H18.C2H6/c1-12-4-6-13(7-5-12)14-8-10-15(2,3)11-9-14;1-2/h4-10H,11H2,1-3H3;1-2H3. The largest absolute Gasteiger partial charge is 0.0779 e. The zero-order valence-corrected chi connectivity index (χ0v) is 11.7. The minimum absolute atomic E-state index is 0.328. The molecule has 1 aliphatic rings. The van der Waals surface area contributed by atoms with E-state index in [-0.39, 0.29) is 0 Å². The minimum Gasteiger partial charge on any atom is -0.0779 e. The van der Waals surface area contributed by atoms with Crippen LogP contribution in [-0.4, -0.2) is 0 Å². The number of benzene rings is 1. The maximum atomic E-state index is 2.34. The molecule has 0 saturated heterocycles. The first-order valence-electron chi connectivity index (χ1n) is 6.53. The summed E-state index contributed by atoms with van der Waals surface area (Å²) in [5, 5.41) is 0. The highest BCUT2D eigenvalue weighted by atomic mass is 14.2. The molecule has 0 atom stereocenters. The Morgan fingerprint density at radius 2 is 1.59 bits per heavy atom. The van der Waals surface area contributed by atoms with Gasteiger partial charge in [-0.2, -0.15) is 0 Å². The van der Waals surface area contributed by atoms with E-state index in [4.69, 9.17) is 0 Å². The Bertz CT molecular complexity index is 402. The van der Waals surface area contributed by atoms with Gasteiger partial charge in [0.25, 0.3) is 0 Å². The van der Waals surface area contributed by atoms with Gasteiger partial charge in [0, 0.05) is 0 Å². The zero-order chi connectivity index (χ0) is 12.9. The molecule has 0 heterocycles. The summed E-state index contributed by atoms with van der Waals surface area (Å²) in [6.07, 6.45) is 8.02. The van der Waals surface area contributed by atoms with E-state index >= 15 is 0 Å². The van der Waals surface area contributed by atoms with Crippen LogP contribution in [0.4, 0.5) is 0 Å². The van der Waals surface area contributed by atoms with E-state index < -0.39 is 0 Å². The summed E-state index contributed by atoms with van der Waals surface area (Å²) in [4.78, 5) is 0. The molecule has 0 amide bonds. The molecule has 0 aliphatic heterocycles. The first-order valence-corrected chi connectivity index (χ1v) is 6.53. The lowest BCUT2D eigenvalue weighted by molar-refractivity contribution is 0.485. The van der Waals surface area contributed by atoms with Crippen LogP contribution in [0, 0.1) is 12.3 Å². The van der Waals surface area contributed by atoms with Crippen molar-refractivity contribution in [3.05, 3.63) is 53.6 Å². The summed E-state index contributed by atoms with van der Waals surface area (Å²) in [5.74, 6) is 0. The second-order valence-corrected chi connectivity index (χ2v) is 5.05. The molecule has 1 aliphatic carbocycles. The van der Waals surface area contributed by atoms with Crippen molar-refractivity contribution in [1.29, 1.82) is 0 Å². The number of rotatable bonds is 1. The average Bonchev–Trinajstić information content (AvgIpc) is 2.33. The lowest BCUT2D eigenvalue weighted by Gasteiger charge is -2.22. The fraction of sp³-hybridized carbons (Fsp3) is 0.412. The van der Waals surface area contributed by atoms with Gasteiger partial charge in [-0.1, -0.05) is 75.8 Å². The molecule has 0 saturated carbocycles. The third-order valence-corrected chi connectivity index (χ3v) is 2.95. The Balaban J connectivity index is 0.000000686. The maximum absolute atomic E-state index is 2.34. The first kappa shape index (κ1) is 13.8. The highest BCUT2D eigenvalue weighted by Gasteiger charge is 2.16. The molecule has 0 nitrogen and oxygen atoms in total. The molecule has 0 spiro atoms. The molecule has 0 bridgehead atoms. The first-order chi connectivity index (χ1) is 8.07. The van der Waals surface area contributed by atoms with Crippen molar-refractivity contribution in [2.24, 2.45) is 5.41 Å². The van der Waals surface area contributed by atoms with Crippen molar-refractivity contribution >= 4 is 5.57 Å². The van der Waals surface area contributed by atoms with E-state index in [0.29, 0.717) is 5.41 Å². The van der Waals surface area contributed by atoms with E-state index in [9.17, 15) is 0 Å². The Hall–Kier alpha value is -1.30. The highest BCUT2D eigenvalue weighted by molar-refractivity contribution is 5.75. The number of allylic oxidation sites excluding steroid dienone is 4. The molecule has 17 heavy (non-hydrogen) atoms. The van der Waals surface area contributed by atoms with Gasteiger partial charge in [0.2, 0.25) is 0 Å².